The number of amides is 1. The minimum absolute atomic E-state index is 0.185. The van der Waals surface area contributed by atoms with Crippen LogP contribution >= 0.6 is 0 Å². The molecule has 0 heterocycles. The molecule has 0 saturated heterocycles. The Balaban J connectivity index is 3.67. The molecule has 0 aromatic heterocycles. The summed E-state index contributed by atoms with van der Waals surface area (Å²) in [4.78, 5) is 11.8. The first kappa shape index (κ1) is 16.4. The summed E-state index contributed by atoms with van der Waals surface area (Å²) in [6.07, 6.45) is 6.15. The quantitative estimate of drug-likeness (QED) is 0.580. The first-order valence-electron chi connectivity index (χ1n) is 7.04. The number of carbonyl (C=O) groups is 1. The number of rotatable bonds is 10. The van der Waals surface area contributed by atoms with Gasteiger partial charge < -0.3 is 10.4 Å². The van der Waals surface area contributed by atoms with Gasteiger partial charge in [0.05, 0.1) is 0 Å². The van der Waals surface area contributed by atoms with Crippen LogP contribution in [0.2, 0.25) is 0 Å². The molecule has 2 N–H and O–H groups in total. The summed E-state index contributed by atoms with van der Waals surface area (Å²) in [6, 6.07) is 0. The van der Waals surface area contributed by atoms with Crippen LogP contribution in [0.3, 0.4) is 0 Å². The van der Waals surface area contributed by atoms with Gasteiger partial charge in [0, 0.05) is 19.1 Å². The van der Waals surface area contributed by atoms with Crippen molar-refractivity contribution in [3.63, 3.8) is 0 Å². The van der Waals surface area contributed by atoms with Gasteiger partial charge >= 0.3 is 0 Å². The SMILES string of the molecule is CCCCC(CC)C(=O)NCCCC(C)CO. The molecule has 1 amide bonds. The molecule has 3 nitrogen and oxygen atoms in total. The van der Waals surface area contributed by atoms with E-state index in [2.05, 4.69) is 19.2 Å². The Kier molecular flexibility index (Phi) is 10.2. The summed E-state index contributed by atoms with van der Waals surface area (Å²) >= 11 is 0. The predicted octanol–water partition coefficient (Wildman–Crippen LogP) is 2.73. The van der Waals surface area contributed by atoms with Crippen molar-refractivity contribution in [2.45, 2.75) is 59.3 Å². The highest BCUT2D eigenvalue weighted by molar-refractivity contribution is 5.78. The molecule has 102 valence electrons. The van der Waals surface area contributed by atoms with Crippen molar-refractivity contribution in [2.24, 2.45) is 11.8 Å². The fourth-order valence-corrected chi connectivity index (χ4v) is 1.87. The van der Waals surface area contributed by atoms with E-state index >= 15 is 0 Å². The zero-order valence-corrected chi connectivity index (χ0v) is 11.7. The molecule has 0 aromatic rings. The van der Waals surface area contributed by atoms with Crippen LogP contribution in [0.5, 0.6) is 0 Å². The highest BCUT2D eigenvalue weighted by Crippen LogP contribution is 2.12. The molecule has 0 aromatic carbocycles. The van der Waals surface area contributed by atoms with Crippen LogP contribution in [0.15, 0.2) is 0 Å². The molecular formula is C14H29NO2. The van der Waals surface area contributed by atoms with Crippen molar-refractivity contribution in [2.75, 3.05) is 13.2 Å². The molecule has 17 heavy (non-hydrogen) atoms. The number of nitrogens with one attached hydrogen (secondary N) is 1. The normalized spacial score (nSPS) is 14.4. The lowest BCUT2D eigenvalue weighted by Gasteiger charge is -2.15. The van der Waals surface area contributed by atoms with Gasteiger partial charge in [-0.15, -0.1) is 0 Å². The number of hydrogen-bond donors (Lipinski definition) is 2. The van der Waals surface area contributed by atoms with Crippen LogP contribution in [-0.4, -0.2) is 24.2 Å². The molecule has 2 unspecified atom stereocenters. The van der Waals surface area contributed by atoms with Crippen LogP contribution in [0.4, 0.5) is 0 Å². The first-order chi connectivity index (χ1) is 8.15. The maximum atomic E-state index is 11.8. The van der Waals surface area contributed by atoms with E-state index in [1.807, 2.05) is 6.92 Å². The molecule has 0 bridgehead atoms. The number of aliphatic hydroxyl groups excluding tert-OH is 1. The maximum absolute atomic E-state index is 11.8. The smallest absolute Gasteiger partial charge is 0.223 e. The van der Waals surface area contributed by atoms with E-state index in [1.54, 1.807) is 0 Å². The molecule has 0 rings (SSSR count). The van der Waals surface area contributed by atoms with Gasteiger partial charge in [-0.3, -0.25) is 4.79 Å². The second-order valence-electron chi connectivity index (χ2n) is 4.97. The second kappa shape index (κ2) is 10.6. The lowest BCUT2D eigenvalue weighted by molar-refractivity contribution is -0.125. The van der Waals surface area contributed by atoms with Gasteiger partial charge in [-0.25, -0.2) is 0 Å². The predicted molar refractivity (Wildman–Crippen MR) is 71.8 cm³/mol. The summed E-state index contributed by atoms with van der Waals surface area (Å²) in [5.41, 5.74) is 0. The Morgan fingerprint density at radius 1 is 1.24 bits per heavy atom. The third kappa shape index (κ3) is 8.19. The van der Waals surface area contributed by atoms with E-state index in [4.69, 9.17) is 5.11 Å². The second-order valence-corrected chi connectivity index (χ2v) is 4.97. The summed E-state index contributed by atoms with van der Waals surface area (Å²) in [5, 5.41) is 11.9. The molecule has 0 spiro atoms. The van der Waals surface area contributed by atoms with E-state index in [0.29, 0.717) is 5.92 Å². The van der Waals surface area contributed by atoms with Crippen molar-refractivity contribution in [3.8, 4) is 0 Å². The number of hydrogen-bond acceptors (Lipinski definition) is 2. The standard InChI is InChI=1S/C14H29NO2/c1-4-6-9-13(5-2)14(17)15-10-7-8-12(3)11-16/h12-13,16H,4-11H2,1-3H3,(H,15,17). The van der Waals surface area contributed by atoms with Gasteiger partial charge in [0.25, 0.3) is 0 Å². The molecule has 0 aliphatic carbocycles. The molecule has 0 fully saturated rings. The van der Waals surface area contributed by atoms with E-state index in [0.717, 1.165) is 45.1 Å². The Labute approximate surface area is 106 Å². The van der Waals surface area contributed by atoms with E-state index < -0.39 is 0 Å². The number of unbranched alkanes of at least 4 members (excludes halogenated alkanes) is 1. The maximum Gasteiger partial charge on any atom is 0.223 e. The zero-order chi connectivity index (χ0) is 13.1. The highest BCUT2D eigenvalue weighted by atomic mass is 16.3. The van der Waals surface area contributed by atoms with Gasteiger partial charge in [-0.05, 0) is 31.6 Å². The summed E-state index contributed by atoms with van der Waals surface area (Å²) in [7, 11) is 0. The Morgan fingerprint density at radius 3 is 2.47 bits per heavy atom. The Morgan fingerprint density at radius 2 is 1.94 bits per heavy atom. The fraction of sp³-hybridized carbons (Fsp3) is 0.929. The van der Waals surface area contributed by atoms with E-state index in [9.17, 15) is 4.79 Å². The first-order valence-corrected chi connectivity index (χ1v) is 7.04. The van der Waals surface area contributed by atoms with Gasteiger partial charge in [-0.2, -0.15) is 0 Å². The summed E-state index contributed by atoms with van der Waals surface area (Å²) in [6.45, 7) is 7.24. The third-order valence-corrected chi connectivity index (χ3v) is 3.25. The van der Waals surface area contributed by atoms with Crippen LogP contribution < -0.4 is 5.32 Å². The number of aliphatic hydroxyl groups is 1. The average molecular weight is 243 g/mol. The monoisotopic (exact) mass is 243 g/mol. The molecule has 2 atom stereocenters. The molecule has 3 heteroatoms. The molecule has 0 aliphatic heterocycles. The summed E-state index contributed by atoms with van der Waals surface area (Å²) in [5.74, 6) is 0.733. The van der Waals surface area contributed by atoms with Crippen LogP contribution in [0, 0.1) is 11.8 Å². The van der Waals surface area contributed by atoms with Crippen molar-refractivity contribution < 1.29 is 9.90 Å². The van der Waals surface area contributed by atoms with Gasteiger partial charge in [0.2, 0.25) is 5.91 Å². The topological polar surface area (TPSA) is 49.3 Å². The minimum Gasteiger partial charge on any atom is -0.396 e. The van der Waals surface area contributed by atoms with E-state index in [-0.39, 0.29) is 18.4 Å². The fourth-order valence-electron chi connectivity index (χ4n) is 1.87. The summed E-state index contributed by atoms with van der Waals surface area (Å²) < 4.78 is 0. The third-order valence-electron chi connectivity index (χ3n) is 3.25. The van der Waals surface area contributed by atoms with Crippen LogP contribution in [0.25, 0.3) is 0 Å². The molecular weight excluding hydrogens is 214 g/mol. The Bertz CT molecular complexity index is 195. The lowest BCUT2D eigenvalue weighted by atomic mass is 9.98. The van der Waals surface area contributed by atoms with Gasteiger partial charge in [-0.1, -0.05) is 33.6 Å². The van der Waals surface area contributed by atoms with Gasteiger partial charge in [0.15, 0.2) is 0 Å². The van der Waals surface area contributed by atoms with Crippen LogP contribution in [-0.2, 0) is 4.79 Å². The minimum atomic E-state index is 0.185. The Hall–Kier alpha value is -0.570. The molecule has 0 radical (unpaired) electrons. The van der Waals surface area contributed by atoms with E-state index in [1.165, 1.54) is 0 Å². The van der Waals surface area contributed by atoms with Crippen molar-refractivity contribution >= 4 is 5.91 Å². The zero-order valence-electron chi connectivity index (χ0n) is 11.7. The van der Waals surface area contributed by atoms with Crippen molar-refractivity contribution in [1.82, 2.24) is 5.32 Å². The van der Waals surface area contributed by atoms with Crippen molar-refractivity contribution in [3.05, 3.63) is 0 Å². The average Bonchev–Trinajstić information content (AvgIpc) is 2.35. The largest absolute Gasteiger partial charge is 0.396 e. The molecule has 0 saturated carbocycles. The molecule has 0 aliphatic rings. The highest BCUT2D eigenvalue weighted by Gasteiger charge is 2.14. The van der Waals surface area contributed by atoms with Gasteiger partial charge in [0.1, 0.15) is 0 Å². The lowest BCUT2D eigenvalue weighted by Crippen LogP contribution is -2.31. The van der Waals surface area contributed by atoms with Crippen LogP contribution in [0.1, 0.15) is 59.3 Å². The van der Waals surface area contributed by atoms with Crippen molar-refractivity contribution in [1.29, 1.82) is 0 Å². The number of carbonyl (C=O) groups excluding carboxylic acids is 1.